The molecule has 1 unspecified atom stereocenters. The second kappa shape index (κ2) is 6.47. The van der Waals surface area contributed by atoms with Crippen LogP contribution in [0.4, 0.5) is 0 Å². The lowest BCUT2D eigenvalue weighted by molar-refractivity contribution is -0.128. The van der Waals surface area contributed by atoms with Crippen molar-refractivity contribution in [2.75, 3.05) is 6.54 Å². The number of nitrogens with zero attached hydrogens (tertiary/aromatic N) is 4. The van der Waals surface area contributed by atoms with Crippen molar-refractivity contribution in [3.63, 3.8) is 0 Å². The number of carbonyl (C=O) groups is 1. The van der Waals surface area contributed by atoms with Gasteiger partial charge in [0.05, 0.1) is 0 Å². The highest BCUT2D eigenvalue weighted by atomic mass is 16.5. The number of carbonyl (C=O) groups excluding carboxylic acids is 1. The number of hydrogen-bond acceptors (Lipinski definition) is 5. The average Bonchev–Trinajstić information content (AvgIpc) is 3.25. The third kappa shape index (κ3) is 3.28. The van der Waals surface area contributed by atoms with E-state index < -0.39 is 0 Å². The van der Waals surface area contributed by atoms with Crippen LogP contribution in [0.3, 0.4) is 0 Å². The molecule has 1 aliphatic rings. The van der Waals surface area contributed by atoms with Gasteiger partial charge in [-0.2, -0.15) is 4.98 Å². The highest BCUT2D eigenvalue weighted by molar-refractivity contribution is 5.79. The van der Waals surface area contributed by atoms with E-state index in [0.717, 1.165) is 11.1 Å². The Hall–Kier alpha value is -3.02. The Morgan fingerprint density at radius 2 is 1.92 bits per heavy atom. The summed E-state index contributed by atoms with van der Waals surface area (Å²) < 4.78 is 5.35. The maximum absolute atomic E-state index is 12.3. The standard InChI is InChI=1S/C19H18N4O2/c1-13-2-4-14(5-3-13)11-23-12-16(10-17(23)24)18-21-19(25-22-18)15-6-8-20-9-7-15/h2-9,16H,10-12H2,1H3. The summed E-state index contributed by atoms with van der Waals surface area (Å²) in [6.07, 6.45) is 3.78. The van der Waals surface area contributed by atoms with Crippen molar-refractivity contribution in [3.05, 3.63) is 65.7 Å². The molecule has 1 atom stereocenters. The van der Waals surface area contributed by atoms with E-state index in [1.54, 1.807) is 12.4 Å². The number of amides is 1. The molecular formula is C19H18N4O2. The SMILES string of the molecule is Cc1ccc(CN2CC(c3noc(-c4ccncc4)n3)CC2=O)cc1. The maximum atomic E-state index is 12.3. The van der Waals surface area contributed by atoms with Gasteiger partial charge in [-0.1, -0.05) is 35.0 Å². The highest BCUT2D eigenvalue weighted by Crippen LogP contribution is 2.29. The van der Waals surface area contributed by atoms with Crippen LogP contribution in [0, 0.1) is 6.92 Å². The van der Waals surface area contributed by atoms with Crippen molar-refractivity contribution in [2.45, 2.75) is 25.8 Å². The zero-order chi connectivity index (χ0) is 17.2. The van der Waals surface area contributed by atoms with E-state index in [4.69, 9.17) is 4.52 Å². The molecule has 1 aromatic carbocycles. The van der Waals surface area contributed by atoms with Crippen LogP contribution in [-0.2, 0) is 11.3 Å². The van der Waals surface area contributed by atoms with Crippen LogP contribution < -0.4 is 0 Å². The molecule has 0 N–H and O–H groups in total. The van der Waals surface area contributed by atoms with E-state index in [1.807, 2.05) is 17.0 Å². The molecule has 6 nitrogen and oxygen atoms in total. The van der Waals surface area contributed by atoms with E-state index in [9.17, 15) is 4.79 Å². The van der Waals surface area contributed by atoms with Crippen molar-refractivity contribution in [3.8, 4) is 11.5 Å². The summed E-state index contributed by atoms with van der Waals surface area (Å²) in [5.41, 5.74) is 3.17. The van der Waals surface area contributed by atoms with E-state index in [0.29, 0.717) is 31.2 Å². The molecule has 1 amide bonds. The molecule has 0 aliphatic carbocycles. The van der Waals surface area contributed by atoms with Gasteiger partial charge >= 0.3 is 0 Å². The topological polar surface area (TPSA) is 72.1 Å². The second-order valence-electron chi connectivity index (χ2n) is 6.35. The molecule has 1 saturated heterocycles. The Morgan fingerprint density at radius 1 is 1.16 bits per heavy atom. The smallest absolute Gasteiger partial charge is 0.258 e. The molecule has 0 saturated carbocycles. The molecule has 3 aromatic rings. The second-order valence-corrected chi connectivity index (χ2v) is 6.35. The predicted octanol–water partition coefficient (Wildman–Crippen LogP) is 2.96. The van der Waals surface area contributed by atoms with Gasteiger partial charge in [0.2, 0.25) is 5.91 Å². The molecule has 0 radical (unpaired) electrons. The lowest BCUT2D eigenvalue weighted by Crippen LogP contribution is -2.24. The van der Waals surface area contributed by atoms with Crippen LogP contribution >= 0.6 is 0 Å². The summed E-state index contributed by atoms with van der Waals surface area (Å²) in [6, 6.07) is 11.9. The molecule has 2 aromatic heterocycles. The third-order valence-electron chi connectivity index (χ3n) is 4.44. The summed E-state index contributed by atoms with van der Waals surface area (Å²) in [5, 5.41) is 4.08. The quantitative estimate of drug-likeness (QED) is 0.733. The summed E-state index contributed by atoms with van der Waals surface area (Å²) in [6.45, 7) is 3.28. The summed E-state index contributed by atoms with van der Waals surface area (Å²) in [7, 11) is 0. The number of aromatic nitrogens is 3. The van der Waals surface area contributed by atoms with Gasteiger partial charge in [0.25, 0.3) is 5.89 Å². The first kappa shape index (κ1) is 15.5. The fourth-order valence-corrected chi connectivity index (χ4v) is 3.02. The van der Waals surface area contributed by atoms with E-state index in [-0.39, 0.29) is 11.8 Å². The Labute approximate surface area is 145 Å². The Balaban J connectivity index is 1.47. The van der Waals surface area contributed by atoms with Gasteiger partial charge in [-0.3, -0.25) is 9.78 Å². The summed E-state index contributed by atoms with van der Waals surface area (Å²) in [5.74, 6) is 1.14. The number of pyridine rings is 1. The molecule has 0 spiro atoms. The van der Waals surface area contributed by atoms with E-state index in [2.05, 4.69) is 46.3 Å². The average molecular weight is 334 g/mol. The molecule has 6 heteroatoms. The zero-order valence-corrected chi connectivity index (χ0v) is 13.9. The lowest BCUT2D eigenvalue weighted by Gasteiger charge is -2.16. The van der Waals surface area contributed by atoms with Gasteiger partial charge in [-0.05, 0) is 24.6 Å². The monoisotopic (exact) mass is 334 g/mol. The van der Waals surface area contributed by atoms with E-state index >= 15 is 0 Å². The molecule has 0 bridgehead atoms. The highest BCUT2D eigenvalue weighted by Gasteiger charge is 2.33. The molecule has 1 aliphatic heterocycles. The molecule has 25 heavy (non-hydrogen) atoms. The molecule has 126 valence electrons. The first-order chi connectivity index (χ1) is 12.2. The van der Waals surface area contributed by atoms with Crippen LogP contribution in [0.25, 0.3) is 11.5 Å². The van der Waals surface area contributed by atoms with Gasteiger partial charge in [-0.15, -0.1) is 0 Å². The van der Waals surface area contributed by atoms with Crippen LogP contribution in [0.1, 0.15) is 29.3 Å². The molecule has 1 fully saturated rings. The van der Waals surface area contributed by atoms with Crippen molar-refractivity contribution in [1.82, 2.24) is 20.0 Å². The van der Waals surface area contributed by atoms with Crippen molar-refractivity contribution >= 4 is 5.91 Å². The van der Waals surface area contributed by atoms with Crippen molar-refractivity contribution < 1.29 is 9.32 Å². The normalized spacial score (nSPS) is 17.2. The fraction of sp³-hybridized carbons (Fsp3) is 0.263. The summed E-state index contributed by atoms with van der Waals surface area (Å²) >= 11 is 0. The first-order valence-electron chi connectivity index (χ1n) is 8.26. The molecule has 3 heterocycles. The lowest BCUT2D eigenvalue weighted by atomic mass is 10.1. The van der Waals surface area contributed by atoms with Gasteiger partial charge in [0.15, 0.2) is 5.82 Å². The summed E-state index contributed by atoms with van der Waals surface area (Å²) in [4.78, 5) is 22.6. The van der Waals surface area contributed by atoms with Crippen molar-refractivity contribution in [2.24, 2.45) is 0 Å². The Kier molecular flexibility index (Phi) is 4.01. The number of aryl methyl sites for hydroxylation is 1. The van der Waals surface area contributed by atoms with E-state index in [1.165, 1.54) is 5.56 Å². The number of likely N-dealkylation sites (tertiary alicyclic amines) is 1. The number of rotatable bonds is 4. The van der Waals surface area contributed by atoms with Gasteiger partial charge in [0.1, 0.15) is 0 Å². The Morgan fingerprint density at radius 3 is 2.68 bits per heavy atom. The predicted molar refractivity (Wildman–Crippen MR) is 91.5 cm³/mol. The zero-order valence-electron chi connectivity index (χ0n) is 13.9. The number of benzene rings is 1. The minimum atomic E-state index is -0.0303. The van der Waals surface area contributed by atoms with Gasteiger partial charge in [0, 0.05) is 43.4 Å². The van der Waals surface area contributed by atoms with Gasteiger partial charge < -0.3 is 9.42 Å². The van der Waals surface area contributed by atoms with Crippen LogP contribution in [0.2, 0.25) is 0 Å². The minimum Gasteiger partial charge on any atom is -0.338 e. The maximum Gasteiger partial charge on any atom is 0.258 e. The fourth-order valence-electron chi connectivity index (χ4n) is 3.02. The van der Waals surface area contributed by atoms with Gasteiger partial charge in [-0.25, -0.2) is 0 Å². The first-order valence-corrected chi connectivity index (χ1v) is 8.26. The molecular weight excluding hydrogens is 316 g/mol. The third-order valence-corrected chi connectivity index (χ3v) is 4.44. The minimum absolute atomic E-state index is 0.0303. The molecule has 4 rings (SSSR count). The van der Waals surface area contributed by atoms with Crippen molar-refractivity contribution in [1.29, 1.82) is 0 Å². The largest absolute Gasteiger partial charge is 0.338 e. The van der Waals surface area contributed by atoms with Crippen LogP contribution in [0.15, 0.2) is 53.3 Å². The van der Waals surface area contributed by atoms with Crippen LogP contribution in [-0.4, -0.2) is 32.5 Å². The Bertz CT molecular complexity index is 874. The van der Waals surface area contributed by atoms with Crippen LogP contribution in [0.5, 0.6) is 0 Å². The number of hydrogen-bond donors (Lipinski definition) is 0.